The number of hydrogen-bond donors (Lipinski definition) is 2. The zero-order valence-corrected chi connectivity index (χ0v) is 55.2. The highest BCUT2D eigenvalue weighted by molar-refractivity contribution is 5.70. The average molecular weight is 1340 g/mol. The van der Waals surface area contributed by atoms with Crippen molar-refractivity contribution >= 4 is 5.57 Å². The summed E-state index contributed by atoms with van der Waals surface area (Å²) in [6.45, 7) is 15.0. The van der Waals surface area contributed by atoms with E-state index in [0.29, 0.717) is 38.0 Å². The minimum absolute atomic E-state index is 0.0498. The summed E-state index contributed by atoms with van der Waals surface area (Å²) >= 11 is 0. The molecule has 8 aromatic rings. The zero-order valence-electron chi connectivity index (χ0n) is 55.2. The highest BCUT2D eigenvalue weighted by Crippen LogP contribution is 2.44. The zero-order chi connectivity index (χ0) is 67.1. The van der Waals surface area contributed by atoms with Gasteiger partial charge < -0.3 is 53.1 Å². The van der Waals surface area contributed by atoms with E-state index in [2.05, 4.69) is 80.7 Å². The van der Waals surface area contributed by atoms with Crippen LogP contribution in [0.1, 0.15) is 76.1 Å². The molecule has 14 nitrogen and oxygen atoms in total. The summed E-state index contributed by atoms with van der Waals surface area (Å²) in [4.78, 5) is 7.04. The highest BCUT2D eigenvalue weighted by atomic mass is 19.1. The molecule has 9 aliphatic heterocycles. The lowest BCUT2D eigenvalue weighted by atomic mass is 9.88. The Morgan fingerprint density at radius 1 is 0.459 bits per heavy atom. The predicted molar refractivity (Wildman–Crippen MR) is 366 cm³/mol. The summed E-state index contributed by atoms with van der Waals surface area (Å²) in [6, 6.07) is 58.0. The second-order valence-corrected chi connectivity index (χ2v) is 26.5. The normalized spacial score (nSPS) is 24.3. The van der Waals surface area contributed by atoms with Gasteiger partial charge in [0.25, 0.3) is 0 Å². The first-order valence-electron chi connectivity index (χ1n) is 34.2. The maximum atomic E-state index is 13.0. The van der Waals surface area contributed by atoms with Gasteiger partial charge in [-0.05, 0) is 174 Å². The van der Waals surface area contributed by atoms with Crippen molar-refractivity contribution < 1.29 is 65.3 Å². The fourth-order valence-corrected chi connectivity index (χ4v) is 14.1. The average Bonchev–Trinajstić information content (AvgIpc) is 1.58. The number of nitrogens with one attached hydrogen (secondary N) is 1. The topological polar surface area (TPSA) is 128 Å². The summed E-state index contributed by atoms with van der Waals surface area (Å²) in [6.07, 6.45) is 6.40. The summed E-state index contributed by atoms with van der Waals surface area (Å²) in [5, 5.41) is 14.3. The van der Waals surface area contributed by atoms with E-state index in [1.54, 1.807) is 48.5 Å². The van der Waals surface area contributed by atoms with Gasteiger partial charge in [0.05, 0.1) is 52.5 Å². The van der Waals surface area contributed by atoms with E-state index in [-0.39, 0.29) is 53.3 Å². The molecular weight excluding hydrogens is 1250 g/mol. The molecule has 98 heavy (non-hydrogen) atoms. The highest BCUT2D eigenvalue weighted by Gasteiger charge is 2.50. The molecule has 1 spiro atoms. The van der Waals surface area contributed by atoms with Crippen LogP contribution in [-0.4, -0.2) is 143 Å². The number of aliphatic hydroxyl groups is 1. The first kappa shape index (κ1) is 68.4. The minimum Gasteiger partial charge on any atom is -0.496 e. The molecule has 0 amide bonds. The third-order valence-electron chi connectivity index (χ3n) is 19.1. The number of rotatable bonds is 14. The van der Waals surface area contributed by atoms with Crippen molar-refractivity contribution in [1.82, 2.24) is 20.0 Å². The van der Waals surface area contributed by atoms with Gasteiger partial charge in [-0.25, -0.2) is 17.6 Å². The van der Waals surface area contributed by atoms with Crippen molar-refractivity contribution in [3.8, 4) is 23.0 Å². The van der Waals surface area contributed by atoms with Gasteiger partial charge in [0, 0.05) is 76.9 Å². The number of hydrogen-bond acceptors (Lipinski definition) is 14. The van der Waals surface area contributed by atoms with Crippen molar-refractivity contribution in [3.63, 3.8) is 0 Å². The third-order valence-corrected chi connectivity index (χ3v) is 19.1. The number of β-amino-alcohol motifs (C(OH)–C–C–N with tert-alkyl or cyclic N) is 1. The van der Waals surface area contributed by atoms with E-state index in [1.165, 1.54) is 87.5 Å². The summed E-state index contributed by atoms with van der Waals surface area (Å²) < 4.78 is 103. The van der Waals surface area contributed by atoms with E-state index < -0.39 is 5.60 Å². The second-order valence-electron chi connectivity index (χ2n) is 26.5. The van der Waals surface area contributed by atoms with Crippen LogP contribution < -0.4 is 24.3 Å². The van der Waals surface area contributed by atoms with Crippen LogP contribution in [0.5, 0.6) is 23.0 Å². The van der Waals surface area contributed by atoms with Crippen LogP contribution in [0.3, 0.4) is 0 Å². The van der Waals surface area contributed by atoms with E-state index in [1.807, 2.05) is 42.7 Å². The van der Waals surface area contributed by atoms with Crippen molar-refractivity contribution in [3.05, 3.63) is 268 Å². The van der Waals surface area contributed by atoms with Crippen LogP contribution in [-0.2, 0) is 61.3 Å². The van der Waals surface area contributed by atoms with Crippen molar-refractivity contribution in [1.29, 1.82) is 0 Å². The fraction of sp³-hybridized carbons (Fsp3) is 0.375. The number of benzene rings is 8. The number of nitrogens with zero attached hydrogens (tertiary/aromatic N) is 3. The number of halogens is 4. The molecule has 9 aliphatic rings. The van der Waals surface area contributed by atoms with Gasteiger partial charge in [-0.1, -0.05) is 97.1 Å². The molecule has 3 unspecified atom stereocenters. The molecule has 17 rings (SSSR count). The number of epoxide rings is 1. The SMILES string of the molecule is Fc1ccc(O[C@@H]2CCN(CC3=COCc4ccccc43)C2)cc1.Fc1ccc(O[C@@H]2CCN(CC3COCc4ccccc43)C2)cc1.Fc1ccc(O[C@@H]2CCNC2)cc1.OC1(CN2CC[C@@H](Oc3ccc(F)cc3)C2)COCc2ccccc21.c1ccc2c(c1)COCC21CO1. The largest absolute Gasteiger partial charge is 0.496 e. The van der Waals surface area contributed by atoms with E-state index in [0.717, 1.165) is 153 Å². The molecule has 0 aliphatic carbocycles. The Kier molecular flexibility index (Phi) is 22.8. The maximum absolute atomic E-state index is 13.0. The number of fused-ring (bicyclic) bond motifs is 5. The minimum atomic E-state index is -0.986. The molecule has 0 saturated carbocycles. The first-order valence-corrected chi connectivity index (χ1v) is 34.2. The Balaban J connectivity index is 0.000000113. The molecule has 0 bridgehead atoms. The van der Waals surface area contributed by atoms with Crippen LogP contribution in [0.2, 0.25) is 0 Å². The van der Waals surface area contributed by atoms with E-state index in [9.17, 15) is 22.7 Å². The summed E-state index contributed by atoms with van der Waals surface area (Å²) in [5.41, 5.74) is 10.1. The molecule has 5 saturated heterocycles. The molecule has 0 aromatic heterocycles. The lowest BCUT2D eigenvalue weighted by Gasteiger charge is -2.37. The Bertz CT molecular complexity index is 3880. The lowest BCUT2D eigenvalue weighted by Crippen LogP contribution is -2.46. The fourth-order valence-electron chi connectivity index (χ4n) is 14.1. The van der Waals surface area contributed by atoms with Crippen LogP contribution in [0.15, 0.2) is 200 Å². The maximum Gasteiger partial charge on any atom is 0.140 e. The lowest BCUT2D eigenvalue weighted by molar-refractivity contribution is -0.0877. The molecular formula is C80H86F4N4O10. The van der Waals surface area contributed by atoms with Crippen LogP contribution in [0.25, 0.3) is 5.57 Å². The quantitative estimate of drug-likeness (QED) is 0.0792. The molecule has 7 atom stereocenters. The van der Waals surface area contributed by atoms with Gasteiger partial charge in [0.2, 0.25) is 0 Å². The van der Waals surface area contributed by atoms with Crippen LogP contribution >= 0.6 is 0 Å². The second kappa shape index (κ2) is 32.7. The number of likely N-dealkylation sites (tertiary alicyclic amines) is 3. The molecule has 2 N–H and O–H groups in total. The summed E-state index contributed by atoms with van der Waals surface area (Å²) in [7, 11) is 0. The van der Waals surface area contributed by atoms with Crippen LogP contribution in [0.4, 0.5) is 17.6 Å². The predicted octanol–water partition coefficient (Wildman–Crippen LogP) is 13.1. The van der Waals surface area contributed by atoms with Crippen molar-refractivity contribution in [2.75, 3.05) is 98.4 Å². The monoisotopic (exact) mass is 1340 g/mol. The molecule has 8 aromatic carbocycles. The Hall–Kier alpha value is -8.14. The Labute approximate surface area is 571 Å². The standard InChI is InChI=1S/C20H22FNO3.C20H22FNO2.C20H20FNO2.C10H12FNO.C10H10O2/c21-16-5-7-17(8-6-16)25-18-9-10-22(11-18)13-20(23)14-24-12-15-3-1-2-4-19(15)20;2*21-17-5-7-18(8-6-17)24-19-9-10-22(12-19)11-16-14-23-13-15-3-1-2-4-20(15)16;11-8-1-3-9(4-2-8)13-10-5-6-12-7-10;1-2-4-9-8(3-1)5-11-6-10(9)7-12-10/h1-8,18,23H,9-14H2;1-8,16,19H,9-14H2;1-8,14,19H,9-13H2;1-4,10,12H,5-7H2;1-4H,5-7H2/t18-,20?;16?,19-;19-;10-;/m1111./s1. The van der Waals surface area contributed by atoms with Crippen molar-refractivity contribution in [2.24, 2.45) is 0 Å². The smallest absolute Gasteiger partial charge is 0.140 e. The van der Waals surface area contributed by atoms with E-state index >= 15 is 0 Å². The van der Waals surface area contributed by atoms with E-state index in [4.69, 9.17) is 42.6 Å². The molecule has 9 heterocycles. The van der Waals surface area contributed by atoms with Gasteiger partial charge in [-0.3, -0.25) is 14.7 Å². The van der Waals surface area contributed by atoms with Gasteiger partial charge in [-0.15, -0.1) is 0 Å². The first-order chi connectivity index (χ1) is 47.9. The molecule has 514 valence electrons. The molecule has 0 radical (unpaired) electrons. The number of ether oxygens (including phenoxy) is 9. The summed E-state index contributed by atoms with van der Waals surface area (Å²) in [5.74, 6) is 2.37. The Morgan fingerprint density at radius 2 is 0.929 bits per heavy atom. The third kappa shape index (κ3) is 18.4. The molecule has 18 heteroatoms. The van der Waals surface area contributed by atoms with Gasteiger partial charge in [0.1, 0.15) is 88.5 Å². The van der Waals surface area contributed by atoms with Crippen LogP contribution in [0, 0.1) is 23.3 Å². The van der Waals surface area contributed by atoms with Gasteiger partial charge >= 0.3 is 0 Å². The van der Waals surface area contributed by atoms with Gasteiger partial charge in [-0.2, -0.15) is 0 Å². The molecule has 5 fully saturated rings. The Morgan fingerprint density at radius 3 is 1.51 bits per heavy atom. The van der Waals surface area contributed by atoms with Crippen molar-refractivity contribution in [2.45, 2.75) is 93.6 Å². The van der Waals surface area contributed by atoms with Gasteiger partial charge in [0.15, 0.2) is 0 Å².